The minimum atomic E-state index is -0.0151. The summed E-state index contributed by atoms with van der Waals surface area (Å²) in [5.41, 5.74) is 2.00. The zero-order chi connectivity index (χ0) is 11.4. The third-order valence-electron chi connectivity index (χ3n) is 2.64. The number of hydrogen-bond acceptors (Lipinski definition) is 2. The molecule has 0 unspecified atom stereocenters. The number of carbonyl (C=O) groups is 1. The van der Waals surface area contributed by atoms with Gasteiger partial charge >= 0.3 is 6.03 Å². The predicted molar refractivity (Wildman–Crippen MR) is 66.0 cm³/mol. The molecule has 0 spiro atoms. The van der Waals surface area contributed by atoms with E-state index in [1.165, 1.54) is 0 Å². The quantitative estimate of drug-likeness (QED) is 0.759. The van der Waals surface area contributed by atoms with Gasteiger partial charge in [-0.25, -0.2) is 4.79 Å². The first-order valence-corrected chi connectivity index (χ1v) is 5.71. The van der Waals surface area contributed by atoms with Gasteiger partial charge in [-0.1, -0.05) is 12.1 Å². The van der Waals surface area contributed by atoms with Crippen LogP contribution in [0.4, 0.5) is 16.2 Å². The number of nitrogens with zero attached hydrogens (tertiary/aromatic N) is 1. The number of rotatable bonds is 1. The molecule has 86 valence electrons. The summed E-state index contributed by atoms with van der Waals surface area (Å²) in [5, 5.41) is 6.17. The van der Waals surface area contributed by atoms with E-state index in [9.17, 15) is 4.79 Å². The van der Waals surface area contributed by atoms with Crippen LogP contribution in [0.25, 0.3) is 0 Å². The van der Waals surface area contributed by atoms with Gasteiger partial charge in [0.05, 0.1) is 11.4 Å². The Morgan fingerprint density at radius 3 is 3.12 bits per heavy atom. The second-order valence-electron chi connectivity index (χ2n) is 3.78. The van der Waals surface area contributed by atoms with E-state index in [4.69, 9.17) is 0 Å². The number of para-hydroxylation sites is 2. The maximum atomic E-state index is 11.9. The first-order chi connectivity index (χ1) is 7.83. The van der Waals surface area contributed by atoms with Crippen LogP contribution in [0.3, 0.4) is 0 Å². The molecule has 1 aliphatic rings. The highest BCUT2D eigenvalue weighted by atomic mass is 16.2. The Hall–Kier alpha value is -1.71. The van der Waals surface area contributed by atoms with Gasteiger partial charge in [-0.15, -0.1) is 0 Å². The molecule has 4 heteroatoms. The van der Waals surface area contributed by atoms with Gasteiger partial charge in [-0.3, -0.25) is 4.90 Å². The highest BCUT2D eigenvalue weighted by Crippen LogP contribution is 2.27. The molecule has 1 aliphatic heterocycles. The van der Waals surface area contributed by atoms with Crippen LogP contribution in [-0.2, 0) is 0 Å². The largest absolute Gasteiger partial charge is 0.383 e. The van der Waals surface area contributed by atoms with Crippen LogP contribution >= 0.6 is 0 Å². The number of carbonyl (C=O) groups excluding carboxylic acids is 1. The van der Waals surface area contributed by atoms with Crippen molar-refractivity contribution in [3.63, 3.8) is 0 Å². The van der Waals surface area contributed by atoms with E-state index in [2.05, 4.69) is 10.6 Å². The molecule has 0 saturated heterocycles. The molecule has 0 radical (unpaired) electrons. The van der Waals surface area contributed by atoms with Gasteiger partial charge in [0.15, 0.2) is 0 Å². The van der Waals surface area contributed by atoms with E-state index in [-0.39, 0.29) is 6.03 Å². The van der Waals surface area contributed by atoms with E-state index < -0.39 is 0 Å². The Kier molecular flexibility index (Phi) is 3.29. The number of nitrogens with one attached hydrogen (secondary N) is 2. The third-order valence-corrected chi connectivity index (χ3v) is 2.64. The molecular formula is C12H17N3O. The van der Waals surface area contributed by atoms with Crippen molar-refractivity contribution in [2.45, 2.75) is 13.3 Å². The lowest BCUT2D eigenvalue weighted by molar-refractivity contribution is 0.247. The van der Waals surface area contributed by atoms with Crippen molar-refractivity contribution >= 4 is 17.4 Å². The normalized spacial score (nSPS) is 14.7. The van der Waals surface area contributed by atoms with Crippen molar-refractivity contribution < 1.29 is 4.79 Å². The number of fused-ring (bicyclic) bond motifs is 1. The Labute approximate surface area is 95.6 Å². The van der Waals surface area contributed by atoms with E-state index in [0.717, 1.165) is 30.9 Å². The minimum absolute atomic E-state index is 0.0151. The molecule has 0 bridgehead atoms. The number of benzene rings is 1. The van der Waals surface area contributed by atoms with Crippen molar-refractivity contribution in [2.24, 2.45) is 0 Å². The van der Waals surface area contributed by atoms with Crippen LogP contribution in [-0.4, -0.2) is 25.7 Å². The second-order valence-corrected chi connectivity index (χ2v) is 3.78. The molecule has 1 aromatic carbocycles. The van der Waals surface area contributed by atoms with Crippen LogP contribution in [0.1, 0.15) is 13.3 Å². The Balaban J connectivity index is 2.28. The summed E-state index contributed by atoms with van der Waals surface area (Å²) in [6.45, 7) is 4.26. The molecule has 0 aliphatic carbocycles. The fourth-order valence-corrected chi connectivity index (χ4v) is 1.90. The molecule has 0 aromatic heterocycles. The molecule has 16 heavy (non-hydrogen) atoms. The summed E-state index contributed by atoms with van der Waals surface area (Å²) in [5.74, 6) is 0. The zero-order valence-corrected chi connectivity index (χ0v) is 9.49. The number of amides is 2. The van der Waals surface area contributed by atoms with E-state index in [1.54, 1.807) is 4.90 Å². The Morgan fingerprint density at radius 2 is 2.31 bits per heavy atom. The molecule has 0 atom stereocenters. The zero-order valence-electron chi connectivity index (χ0n) is 9.49. The van der Waals surface area contributed by atoms with Crippen molar-refractivity contribution in [1.82, 2.24) is 5.32 Å². The van der Waals surface area contributed by atoms with Gasteiger partial charge in [-0.05, 0) is 25.5 Å². The Morgan fingerprint density at radius 1 is 1.50 bits per heavy atom. The average Bonchev–Trinajstić information content (AvgIpc) is 2.51. The maximum absolute atomic E-state index is 11.9. The first kappa shape index (κ1) is 10.8. The smallest absolute Gasteiger partial charge is 0.321 e. The fraction of sp³-hybridized carbons (Fsp3) is 0.417. The van der Waals surface area contributed by atoms with Crippen LogP contribution in [0, 0.1) is 0 Å². The van der Waals surface area contributed by atoms with Crippen molar-refractivity contribution in [1.29, 1.82) is 0 Å². The molecule has 4 nitrogen and oxygen atoms in total. The summed E-state index contributed by atoms with van der Waals surface area (Å²) < 4.78 is 0. The van der Waals surface area contributed by atoms with Gasteiger partial charge in [0, 0.05) is 19.6 Å². The number of anilines is 2. The van der Waals surface area contributed by atoms with Crippen molar-refractivity contribution in [3.8, 4) is 0 Å². The molecule has 1 heterocycles. The van der Waals surface area contributed by atoms with Gasteiger partial charge in [0.1, 0.15) is 0 Å². The summed E-state index contributed by atoms with van der Waals surface area (Å²) in [4.78, 5) is 13.7. The monoisotopic (exact) mass is 219 g/mol. The summed E-state index contributed by atoms with van der Waals surface area (Å²) in [6.07, 6.45) is 0.964. The van der Waals surface area contributed by atoms with Crippen molar-refractivity contribution in [2.75, 3.05) is 29.9 Å². The topological polar surface area (TPSA) is 44.4 Å². The number of hydrogen-bond donors (Lipinski definition) is 2. The van der Waals surface area contributed by atoms with Crippen LogP contribution in [0.2, 0.25) is 0 Å². The molecule has 2 amide bonds. The molecule has 1 aromatic rings. The fourth-order valence-electron chi connectivity index (χ4n) is 1.90. The third kappa shape index (κ3) is 2.10. The average molecular weight is 219 g/mol. The number of urea groups is 1. The van der Waals surface area contributed by atoms with Gasteiger partial charge in [0.2, 0.25) is 0 Å². The Bertz CT molecular complexity index is 378. The first-order valence-electron chi connectivity index (χ1n) is 5.71. The van der Waals surface area contributed by atoms with E-state index >= 15 is 0 Å². The molecule has 0 saturated carbocycles. The standard InChI is InChI=1S/C12H17N3O/c1-2-13-12(16)15-9-5-8-14-10-6-3-4-7-11(10)15/h3-4,6-7,14H,2,5,8-9H2,1H3,(H,13,16). The van der Waals surface area contributed by atoms with Gasteiger partial charge < -0.3 is 10.6 Å². The van der Waals surface area contributed by atoms with E-state index in [1.807, 2.05) is 31.2 Å². The van der Waals surface area contributed by atoms with Crippen LogP contribution < -0.4 is 15.5 Å². The highest BCUT2D eigenvalue weighted by molar-refractivity contribution is 5.95. The lowest BCUT2D eigenvalue weighted by Crippen LogP contribution is -2.40. The van der Waals surface area contributed by atoms with Crippen molar-refractivity contribution in [3.05, 3.63) is 24.3 Å². The summed E-state index contributed by atoms with van der Waals surface area (Å²) in [6, 6.07) is 7.90. The lowest BCUT2D eigenvalue weighted by Gasteiger charge is -2.22. The minimum Gasteiger partial charge on any atom is -0.383 e. The van der Waals surface area contributed by atoms with Crippen LogP contribution in [0.5, 0.6) is 0 Å². The SMILES string of the molecule is CCNC(=O)N1CCCNc2ccccc21. The summed E-state index contributed by atoms with van der Waals surface area (Å²) >= 11 is 0. The van der Waals surface area contributed by atoms with E-state index in [0.29, 0.717) is 6.54 Å². The molecular weight excluding hydrogens is 202 g/mol. The van der Waals surface area contributed by atoms with Crippen LogP contribution in [0.15, 0.2) is 24.3 Å². The molecule has 2 rings (SSSR count). The van der Waals surface area contributed by atoms with Gasteiger partial charge in [0.25, 0.3) is 0 Å². The lowest BCUT2D eigenvalue weighted by atomic mass is 10.2. The van der Waals surface area contributed by atoms with Gasteiger partial charge in [-0.2, -0.15) is 0 Å². The predicted octanol–water partition coefficient (Wildman–Crippen LogP) is 2.04. The summed E-state index contributed by atoms with van der Waals surface area (Å²) in [7, 11) is 0. The molecule has 2 N–H and O–H groups in total. The second kappa shape index (κ2) is 4.88. The highest BCUT2D eigenvalue weighted by Gasteiger charge is 2.19. The maximum Gasteiger partial charge on any atom is 0.321 e. The molecule has 0 fully saturated rings.